The van der Waals surface area contributed by atoms with Crippen molar-refractivity contribution in [1.29, 1.82) is 0 Å². The van der Waals surface area contributed by atoms with Gasteiger partial charge < -0.3 is 10.2 Å². The first kappa shape index (κ1) is 17.1. The molecule has 1 aliphatic rings. The highest BCUT2D eigenvalue weighted by Crippen LogP contribution is 2.40. The van der Waals surface area contributed by atoms with Gasteiger partial charge in [0.1, 0.15) is 0 Å². The number of thioether (sulfide) groups is 2. The number of aliphatic hydroxyl groups is 1. The van der Waals surface area contributed by atoms with Crippen LogP contribution in [0.5, 0.6) is 0 Å². The Hall–Kier alpha value is 0.130. The van der Waals surface area contributed by atoms with Crippen LogP contribution in [0, 0.1) is 0 Å². The second kappa shape index (κ2) is 11.2. The van der Waals surface area contributed by atoms with Crippen LogP contribution in [0.3, 0.4) is 0 Å². The van der Waals surface area contributed by atoms with E-state index in [1.165, 1.54) is 32.1 Å². The van der Waals surface area contributed by atoms with E-state index in [9.17, 15) is 0 Å². The van der Waals surface area contributed by atoms with Gasteiger partial charge in [0.25, 0.3) is 5.97 Å². The first-order valence-corrected chi connectivity index (χ1v) is 8.16. The Morgan fingerprint density at radius 2 is 2.00 bits per heavy atom. The van der Waals surface area contributed by atoms with Crippen molar-refractivity contribution in [3.8, 4) is 0 Å². The van der Waals surface area contributed by atoms with Crippen LogP contribution in [0.2, 0.25) is 0 Å². The number of carboxylic acids is 1. The molecule has 0 unspecified atom stereocenters. The van der Waals surface area contributed by atoms with Gasteiger partial charge in [-0.25, -0.2) is 0 Å². The third kappa shape index (κ3) is 11.0. The summed E-state index contributed by atoms with van der Waals surface area (Å²) in [6.45, 7) is 3.70. The van der Waals surface area contributed by atoms with Crippen molar-refractivity contribution < 1.29 is 15.0 Å². The van der Waals surface area contributed by atoms with Crippen molar-refractivity contribution in [2.75, 3.05) is 12.4 Å². The summed E-state index contributed by atoms with van der Waals surface area (Å²) < 4.78 is 0.772. The van der Waals surface area contributed by atoms with E-state index in [1.54, 1.807) is 0 Å². The Labute approximate surface area is 113 Å². The van der Waals surface area contributed by atoms with Gasteiger partial charge >= 0.3 is 0 Å². The van der Waals surface area contributed by atoms with E-state index in [-0.39, 0.29) is 0 Å². The van der Waals surface area contributed by atoms with Crippen molar-refractivity contribution in [1.82, 2.24) is 0 Å². The molecule has 0 amide bonds. The Bertz CT molecular complexity index is 196. The zero-order valence-corrected chi connectivity index (χ0v) is 12.4. The smallest absolute Gasteiger partial charge is 0.300 e. The van der Waals surface area contributed by atoms with Gasteiger partial charge in [-0.1, -0.05) is 32.6 Å². The maximum Gasteiger partial charge on any atom is 0.300 e. The highest BCUT2D eigenvalue weighted by Gasteiger charge is 2.24. The highest BCUT2D eigenvalue weighted by molar-refractivity contribution is 8.20. The van der Waals surface area contributed by atoms with Gasteiger partial charge in [0, 0.05) is 17.9 Å². The van der Waals surface area contributed by atoms with Crippen LogP contribution in [-0.2, 0) is 4.79 Å². The number of hydrogen-bond donors (Lipinski definition) is 2. The summed E-state index contributed by atoms with van der Waals surface area (Å²) in [6.07, 6.45) is 6.80. The summed E-state index contributed by atoms with van der Waals surface area (Å²) in [7, 11) is 0. The van der Waals surface area contributed by atoms with E-state index in [0.717, 1.165) is 17.3 Å². The minimum absolute atomic E-state index is 0.364. The molecule has 2 N–H and O–H groups in total. The third-order valence-corrected chi connectivity index (χ3v) is 5.70. The Balaban J connectivity index is 0.000000557. The quantitative estimate of drug-likeness (QED) is 0.732. The van der Waals surface area contributed by atoms with Gasteiger partial charge in [0.2, 0.25) is 0 Å². The van der Waals surface area contributed by atoms with Crippen LogP contribution < -0.4 is 0 Å². The summed E-state index contributed by atoms with van der Waals surface area (Å²) in [4.78, 5) is 9.00. The van der Waals surface area contributed by atoms with Gasteiger partial charge in [-0.05, 0) is 6.42 Å². The molecular formula is C12H24O3S2. The topological polar surface area (TPSA) is 57.5 Å². The van der Waals surface area contributed by atoms with Crippen LogP contribution in [-0.4, -0.2) is 38.4 Å². The fraction of sp³-hybridized carbons (Fsp3) is 0.917. The largest absolute Gasteiger partial charge is 0.481 e. The van der Waals surface area contributed by atoms with Crippen molar-refractivity contribution >= 4 is 29.5 Å². The number of unbranched alkanes of at least 4 members (excludes halogenated alkanes) is 3. The Morgan fingerprint density at radius 1 is 1.35 bits per heavy atom. The van der Waals surface area contributed by atoms with Crippen molar-refractivity contribution in [3.05, 3.63) is 0 Å². The summed E-state index contributed by atoms with van der Waals surface area (Å²) in [5.74, 6) is 0.319. The zero-order chi connectivity index (χ0) is 13.1. The molecule has 1 fully saturated rings. The minimum atomic E-state index is -0.833. The number of carbonyl (C=O) groups is 1. The van der Waals surface area contributed by atoms with Crippen molar-refractivity contribution in [2.45, 2.75) is 55.8 Å². The fourth-order valence-corrected chi connectivity index (χ4v) is 4.75. The number of aliphatic carboxylic acids is 1. The van der Waals surface area contributed by atoms with Gasteiger partial charge in [0.05, 0.1) is 11.2 Å². The van der Waals surface area contributed by atoms with E-state index >= 15 is 0 Å². The summed E-state index contributed by atoms with van der Waals surface area (Å²) >= 11 is 4.02. The summed E-state index contributed by atoms with van der Waals surface area (Å²) in [5, 5.41) is 16.9. The molecule has 17 heavy (non-hydrogen) atoms. The van der Waals surface area contributed by atoms with E-state index < -0.39 is 5.97 Å². The lowest BCUT2D eigenvalue weighted by atomic mass is 10.2. The molecule has 0 aromatic carbocycles. The average molecular weight is 280 g/mol. The standard InChI is InChI=1S/C10H20OS2.C2H4O2/c1-2-3-4-5-6-10-12-8-9(7-11)13-10;1-2(3)4/h9-11H,2-8H2,1H3;1H3,(H,3,4)/t9-,10+;/m0./s1. The molecule has 1 rings (SSSR count). The van der Waals surface area contributed by atoms with Crippen molar-refractivity contribution in [2.24, 2.45) is 0 Å². The van der Waals surface area contributed by atoms with Crippen LogP contribution in [0.1, 0.15) is 46.0 Å². The number of carboxylic acid groups (broad SMARTS) is 1. The molecule has 2 atom stereocenters. The molecule has 0 aromatic rings. The number of aliphatic hydroxyl groups excluding tert-OH is 1. The predicted octanol–water partition coefficient (Wildman–Crippen LogP) is 3.21. The maximum atomic E-state index is 9.00. The molecule has 102 valence electrons. The first-order chi connectivity index (χ1) is 8.10. The van der Waals surface area contributed by atoms with Crippen LogP contribution >= 0.6 is 23.5 Å². The highest BCUT2D eigenvalue weighted by atomic mass is 32.2. The molecule has 0 radical (unpaired) electrons. The molecule has 5 heteroatoms. The van der Waals surface area contributed by atoms with Gasteiger partial charge in [0.15, 0.2) is 0 Å². The van der Waals surface area contributed by atoms with Crippen LogP contribution in [0.15, 0.2) is 0 Å². The Kier molecular flexibility index (Phi) is 11.3. The molecule has 0 aromatic heterocycles. The summed E-state index contributed by atoms with van der Waals surface area (Å²) in [6, 6.07) is 0. The molecule has 1 saturated heterocycles. The predicted molar refractivity (Wildman–Crippen MR) is 76.8 cm³/mol. The lowest BCUT2D eigenvalue weighted by Crippen LogP contribution is -2.06. The SMILES string of the molecule is CC(=O)O.CCCCCC[C@@H]1SC[C@H](CO)S1. The van der Waals surface area contributed by atoms with E-state index in [0.29, 0.717) is 11.9 Å². The lowest BCUT2D eigenvalue weighted by Gasteiger charge is -2.07. The normalized spacial score (nSPS) is 23.0. The van der Waals surface area contributed by atoms with E-state index in [2.05, 4.69) is 6.92 Å². The number of rotatable bonds is 6. The molecule has 0 aliphatic carbocycles. The monoisotopic (exact) mass is 280 g/mol. The number of hydrogen-bond acceptors (Lipinski definition) is 4. The van der Waals surface area contributed by atoms with Crippen LogP contribution in [0.4, 0.5) is 0 Å². The fourth-order valence-electron chi connectivity index (χ4n) is 1.49. The second-order valence-corrected chi connectivity index (χ2v) is 7.11. The Morgan fingerprint density at radius 3 is 2.47 bits per heavy atom. The molecule has 0 bridgehead atoms. The average Bonchev–Trinajstić information content (AvgIpc) is 2.71. The van der Waals surface area contributed by atoms with Gasteiger partial charge in [-0.3, -0.25) is 4.79 Å². The molecular weight excluding hydrogens is 256 g/mol. The molecule has 0 spiro atoms. The van der Waals surface area contributed by atoms with Crippen molar-refractivity contribution in [3.63, 3.8) is 0 Å². The summed E-state index contributed by atoms with van der Waals surface area (Å²) in [5.41, 5.74) is 0. The molecule has 3 nitrogen and oxygen atoms in total. The van der Waals surface area contributed by atoms with E-state index in [4.69, 9.17) is 15.0 Å². The zero-order valence-electron chi connectivity index (χ0n) is 10.7. The minimum Gasteiger partial charge on any atom is -0.481 e. The first-order valence-electron chi connectivity index (χ1n) is 6.17. The molecule has 1 aliphatic heterocycles. The van der Waals surface area contributed by atoms with Gasteiger partial charge in [-0.15, -0.1) is 23.5 Å². The third-order valence-electron chi connectivity index (χ3n) is 2.31. The molecule has 1 heterocycles. The molecule has 0 saturated carbocycles. The van der Waals surface area contributed by atoms with Gasteiger partial charge in [-0.2, -0.15) is 0 Å². The van der Waals surface area contributed by atoms with Crippen LogP contribution in [0.25, 0.3) is 0 Å². The lowest BCUT2D eigenvalue weighted by molar-refractivity contribution is -0.134. The maximum absolute atomic E-state index is 9.00. The van der Waals surface area contributed by atoms with E-state index in [1.807, 2.05) is 23.5 Å². The second-order valence-electron chi connectivity index (χ2n) is 4.07.